The number of halogens is 4. The quantitative estimate of drug-likeness (QED) is 0.869. The largest absolute Gasteiger partial charge is 0.573 e. The number of hydrogen-bond acceptors (Lipinski definition) is 2. The van der Waals surface area contributed by atoms with E-state index in [4.69, 9.17) is 0 Å². The van der Waals surface area contributed by atoms with Crippen LogP contribution in [-0.2, 0) is 0 Å². The van der Waals surface area contributed by atoms with Gasteiger partial charge in [-0.2, -0.15) is 0 Å². The first-order chi connectivity index (χ1) is 9.83. The molecule has 0 fully saturated rings. The van der Waals surface area contributed by atoms with E-state index in [0.29, 0.717) is 5.56 Å². The maximum absolute atomic E-state index is 12.1. The second-order valence-electron chi connectivity index (χ2n) is 4.04. The summed E-state index contributed by atoms with van der Waals surface area (Å²) in [6.07, 6.45) is -4.77. The van der Waals surface area contributed by atoms with Gasteiger partial charge in [0.15, 0.2) is 0 Å². The van der Waals surface area contributed by atoms with E-state index in [-0.39, 0.29) is 5.69 Å². The van der Waals surface area contributed by atoms with Crippen molar-refractivity contribution < 1.29 is 22.7 Å². The molecule has 2 rings (SSSR count). The Hall–Kier alpha value is -2.02. The topological polar surface area (TPSA) is 38.3 Å². The molecule has 0 heterocycles. The van der Waals surface area contributed by atoms with Crippen molar-refractivity contribution in [2.45, 2.75) is 6.36 Å². The van der Waals surface area contributed by atoms with Crippen LogP contribution in [0, 0.1) is 0 Å². The van der Waals surface area contributed by atoms with Crippen molar-refractivity contribution in [2.24, 2.45) is 0 Å². The maximum Gasteiger partial charge on any atom is 0.573 e. The van der Waals surface area contributed by atoms with Gasteiger partial charge in [-0.05, 0) is 30.3 Å². The predicted molar refractivity (Wildman–Crippen MR) is 75.2 cm³/mol. The molecule has 0 aliphatic carbocycles. The lowest BCUT2D eigenvalue weighted by Crippen LogP contribution is -2.17. The minimum absolute atomic E-state index is 0.210. The van der Waals surface area contributed by atoms with Gasteiger partial charge in [-0.1, -0.05) is 28.1 Å². The van der Waals surface area contributed by atoms with E-state index >= 15 is 0 Å². The highest BCUT2D eigenvalue weighted by Gasteiger charge is 2.31. The summed E-state index contributed by atoms with van der Waals surface area (Å²) >= 11 is 3.24. The molecular formula is C14H9BrF3NO2. The molecule has 21 heavy (non-hydrogen) atoms. The lowest BCUT2D eigenvalue weighted by Gasteiger charge is -2.10. The molecule has 110 valence electrons. The molecule has 0 saturated carbocycles. The van der Waals surface area contributed by atoms with Crippen molar-refractivity contribution in [3.05, 3.63) is 58.6 Å². The second kappa shape index (κ2) is 6.17. The Labute approximate surface area is 126 Å². The molecule has 2 aromatic rings. The van der Waals surface area contributed by atoms with E-state index < -0.39 is 18.0 Å². The Morgan fingerprint density at radius 1 is 1.10 bits per heavy atom. The van der Waals surface area contributed by atoms with Gasteiger partial charge in [0.2, 0.25) is 0 Å². The van der Waals surface area contributed by atoms with E-state index in [2.05, 4.69) is 26.0 Å². The van der Waals surface area contributed by atoms with Gasteiger partial charge in [0.1, 0.15) is 5.75 Å². The lowest BCUT2D eigenvalue weighted by atomic mass is 10.2. The number of carbonyl (C=O) groups excluding carboxylic acids is 1. The summed E-state index contributed by atoms with van der Waals surface area (Å²) in [7, 11) is 0. The van der Waals surface area contributed by atoms with Gasteiger partial charge in [0.05, 0.1) is 0 Å². The van der Waals surface area contributed by atoms with Crippen molar-refractivity contribution in [3.63, 3.8) is 0 Å². The summed E-state index contributed by atoms with van der Waals surface area (Å²) in [5.74, 6) is -0.824. The van der Waals surface area contributed by atoms with Crippen LogP contribution in [-0.4, -0.2) is 12.3 Å². The van der Waals surface area contributed by atoms with E-state index in [1.54, 1.807) is 24.3 Å². The van der Waals surface area contributed by atoms with E-state index in [1.165, 1.54) is 12.1 Å². The summed E-state index contributed by atoms with van der Waals surface area (Å²) in [6.45, 7) is 0. The summed E-state index contributed by atoms with van der Waals surface area (Å²) in [5.41, 5.74) is 0.591. The van der Waals surface area contributed by atoms with Crippen LogP contribution in [0.5, 0.6) is 5.75 Å². The highest BCUT2D eigenvalue weighted by molar-refractivity contribution is 9.10. The first-order valence-corrected chi connectivity index (χ1v) is 6.55. The summed E-state index contributed by atoms with van der Waals surface area (Å²) in [4.78, 5) is 12.0. The number of amides is 1. The highest BCUT2D eigenvalue weighted by atomic mass is 79.9. The molecular weight excluding hydrogens is 351 g/mol. The van der Waals surface area contributed by atoms with Gasteiger partial charge in [-0.3, -0.25) is 4.79 Å². The van der Waals surface area contributed by atoms with Crippen LogP contribution in [0.25, 0.3) is 0 Å². The van der Waals surface area contributed by atoms with E-state index in [9.17, 15) is 18.0 Å². The van der Waals surface area contributed by atoms with Gasteiger partial charge in [-0.25, -0.2) is 0 Å². The summed E-state index contributed by atoms with van der Waals surface area (Å²) < 4.78 is 40.9. The van der Waals surface area contributed by atoms with Gasteiger partial charge < -0.3 is 10.1 Å². The monoisotopic (exact) mass is 359 g/mol. The third-order valence-electron chi connectivity index (χ3n) is 2.41. The molecule has 0 saturated heterocycles. The van der Waals surface area contributed by atoms with E-state index in [0.717, 1.165) is 16.6 Å². The Balaban J connectivity index is 2.13. The minimum Gasteiger partial charge on any atom is -0.406 e. The number of carbonyl (C=O) groups is 1. The number of rotatable bonds is 3. The molecule has 0 aliphatic heterocycles. The van der Waals surface area contributed by atoms with Crippen molar-refractivity contribution in [1.29, 1.82) is 0 Å². The van der Waals surface area contributed by atoms with Crippen LogP contribution in [0.1, 0.15) is 10.4 Å². The van der Waals surface area contributed by atoms with Crippen molar-refractivity contribution >= 4 is 27.5 Å². The molecule has 1 N–H and O–H groups in total. The first kappa shape index (κ1) is 15.4. The van der Waals surface area contributed by atoms with Crippen molar-refractivity contribution in [2.75, 3.05) is 5.32 Å². The fraction of sp³-hybridized carbons (Fsp3) is 0.0714. The van der Waals surface area contributed by atoms with Crippen LogP contribution in [0.4, 0.5) is 18.9 Å². The van der Waals surface area contributed by atoms with Crippen molar-refractivity contribution in [3.8, 4) is 5.75 Å². The SMILES string of the molecule is O=C(Nc1cccc(OC(F)(F)F)c1)c1cccc(Br)c1. The zero-order chi connectivity index (χ0) is 15.5. The lowest BCUT2D eigenvalue weighted by molar-refractivity contribution is -0.274. The molecule has 0 atom stereocenters. The molecule has 1 amide bonds. The Morgan fingerprint density at radius 2 is 1.81 bits per heavy atom. The van der Waals surface area contributed by atoms with Crippen LogP contribution in [0.3, 0.4) is 0 Å². The summed E-state index contributed by atoms with van der Waals surface area (Å²) in [5, 5.41) is 2.50. The first-order valence-electron chi connectivity index (χ1n) is 5.76. The normalized spacial score (nSPS) is 11.0. The van der Waals surface area contributed by atoms with Gasteiger partial charge >= 0.3 is 6.36 Å². The number of hydrogen-bond donors (Lipinski definition) is 1. The Bertz CT molecular complexity index is 659. The third kappa shape index (κ3) is 4.78. The van der Waals surface area contributed by atoms with Gasteiger partial charge in [-0.15, -0.1) is 13.2 Å². The number of alkyl halides is 3. The van der Waals surface area contributed by atoms with Crippen molar-refractivity contribution in [1.82, 2.24) is 0 Å². The predicted octanol–water partition coefficient (Wildman–Crippen LogP) is 4.60. The molecule has 0 aromatic heterocycles. The van der Waals surface area contributed by atoms with Crippen LogP contribution >= 0.6 is 15.9 Å². The Morgan fingerprint density at radius 3 is 2.48 bits per heavy atom. The third-order valence-corrected chi connectivity index (χ3v) is 2.91. The second-order valence-corrected chi connectivity index (χ2v) is 4.96. The maximum atomic E-state index is 12.1. The molecule has 2 aromatic carbocycles. The average Bonchev–Trinajstić information content (AvgIpc) is 2.37. The molecule has 7 heteroatoms. The van der Waals surface area contributed by atoms with Crippen LogP contribution < -0.4 is 10.1 Å². The standard InChI is InChI=1S/C14H9BrF3NO2/c15-10-4-1-3-9(7-10)13(20)19-11-5-2-6-12(8-11)21-14(16,17)18/h1-8H,(H,19,20). The fourth-order valence-corrected chi connectivity index (χ4v) is 2.00. The Kier molecular flexibility index (Phi) is 4.52. The van der Waals surface area contributed by atoms with Crippen LogP contribution in [0.15, 0.2) is 53.0 Å². The summed E-state index contributed by atoms with van der Waals surface area (Å²) in [6, 6.07) is 11.7. The number of ether oxygens (including phenoxy) is 1. The smallest absolute Gasteiger partial charge is 0.406 e. The average molecular weight is 360 g/mol. The zero-order valence-electron chi connectivity index (χ0n) is 10.4. The molecule has 0 bridgehead atoms. The highest BCUT2D eigenvalue weighted by Crippen LogP contribution is 2.25. The molecule has 3 nitrogen and oxygen atoms in total. The number of nitrogens with one attached hydrogen (secondary N) is 1. The number of anilines is 1. The molecule has 0 spiro atoms. The molecule has 0 radical (unpaired) electrons. The minimum atomic E-state index is -4.77. The van der Waals surface area contributed by atoms with Crippen LogP contribution in [0.2, 0.25) is 0 Å². The fourth-order valence-electron chi connectivity index (χ4n) is 1.60. The molecule has 0 aliphatic rings. The number of benzene rings is 2. The van der Waals surface area contributed by atoms with E-state index in [1.807, 2.05) is 0 Å². The van der Waals surface area contributed by atoms with Gasteiger partial charge in [0, 0.05) is 21.8 Å². The molecule has 0 unspecified atom stereocenters. The van der Waals surface area contributed by atoms with Gasteiger partial charge in [0.25, 0.3) is 5.91 Å². The zero-order valence-corrected chi connectivity index (χ0v) is 12.0.